The van der Waals surface area contributed by atoms with Gasteiger partial charge in [-0.25, -0.2) is 0 Å². The molecule has 3 nitrogen and oxygen atoms in total. The Morgan fingerprint density at radius 3 is 2.40 bits per heavy atom. The van der Waals surface area contributed by atoms with Crippen LogP contribution in [0.5, 0.6) is 0 Å². The van der Waals surface area contributed by atoms with E-state index < -0.39 is 11.2 Å². The molecule has 1 radical (unpaired) electrons. The quantitative estimate of drug-likeness (QED) is 0.304. The van der Waals surface area contributed by atoms with Gasteiger partial charge in [-0.05, 0) is 0 Å². The van der Waals surface area contributed by atoms with Crippen molar-refractivity contribution in [1.82, 2.24) is 4.90 Å². The smallest absolute Gasteiger partial charge is 0.123 e. The van der Waals surface area contributed by atoms with Crippen molar-refractivity contribution in [3.05, 3.63) is 6.92 Å². The van der Waals surface area contributed by atoms with Crippen molar-refractivity contribution in [2.45, 2.75) is 0 Å². The number of hydrogen-bond acceptors (Lipinski definition) is 2. The number of hydrogen-bond donors (Lipinski definition) is 1. The Morgan fingerprint density at radius 2 is 2.00 bits per heavy atom. The van der Waals surface area contributed by atoms with Crippen LogP contribution in [0.1, 0.15) is 0 Å². The molecule has 0 aromatic rings. The van der Waals surface area contributed by atoms with Gasteiger partial charge in [0.15, 0.2) is 0 Å². The maximum absolute atomic E-state index is 10.8. The summed E-state index contributed by atoms with van der Waals surface area (Å²) in [5, 5.41) is 7.17. The Bertz CT molecular complexity index is 132. The van der Waals surface area contributed by atoms with Crippen molar-refractivity contribution >= 4 is 17.0 Å². The molecule has 1 heterocycles. The summed E-state index contributed by atoms with van der Waals surface area (Å²) in [5.74, 6) is 1.73. The van der Waals surface area contributed by atoms with Gasteiger partial charge in [-0.2, -0.15) is 0 Å². The number of rotatable bonds is 0. The summed E-state index contributed by atoms with van der Waals surface area (Å²) in [6.45, 7) is 4.96. The predicted molar refractivity (Wildman–Crippen MR) is 42.5 cm³/mol. The molecule has 4 heteroatoms. The molecule has 0 atom stereocenters. The molecule has 1 fully saturated rings. The molecule has 57 valence electrons. The summed E-state index contributed by atoms with van der Waals surface area (Å²) in [6.07, 6.45) is 0. The predicted octanol–water partition coefficient (Wildman–Crippen LogP) is -0.138. The van der Waals surface area contributed by atoms with Crippen molar-refractivity contribution in [2.75, 3.05) is 24.6 Å². The highest BCUT2D eigenvalue weighted by Gasteiger charge is 2.18. The Labute approximate surface area is 64.1 Å². The topological polar surface area (TPSA) is 50.2 Å². The van der Waals surface area contributed by atoms with Gasteiger partial charge in [-0.15, -0.1) is 0 Å². The van der Waals surface area contributed by atoms with E-state index in [1.807, 2.05) is 4.90 Å². The molecule has 0 aromatic carbocycles. The molecule has 0 unspecified atom stereocenters. The molecular weight excluding hydrogens is 148 g/mol. The van der Waals surface area contributed by atoms with Crippen molar-refractivity contribution < 1.29 is 4.55 Å². The minimum absolute atomic E-state index is 0.344. The molecule has 10 heavy (non-hydrogen) atoms. The second-order valence-electron chi connectivity index (χ2n) is 2.28. The second kappa shape index (κ2) is 3.25. The summed E-state index contributed by atoms with van der Waals surface area (Å²) in [4.78, 5) is 1.85. The van der Waals surface area contributed by atoms with Crippen LogP contribution in [0.15, 0.2) is 0 Å². The van der Waals surface area contributed by atoms with Gasteiger partial charge in [0.05, 0.1) is 18.9 Å². The molecule has 1 N–H and O–H groups in total. The Hall–Kier alpha value is -0.220. The van der Waals surface area contributed by atoms with Crippen LogP contribution >= 0.6 is 0 Å². The lowest BCUT2D eigenvalue weighted by Crippen LogP contribution is -2.42. The molecule has 1 rings (SSSR count). The van der Waals surface area contributed by atoms with Gasteiger partial charge in [0.2, 0.25) is 0 Å². The van der Waals surface area contributed by atoms with E-state index in [4.69, 9.17) is 5.41 Å². The summed E-state index contributed by atoms with van der Waals surface area (Å²) in [7, 11) is 0. The fourth-order valence-electron chi connectivity index (χ4n) is 0.908. The zero-order valence-electron chi connectivity index (χ0n) is 5.80. The summed E-state index contributed by atoms with van der Waals surface area (Å²) in [6, 6.07) is 0. The third-order valence-electron chi connectivity index (χ3n) is 1.56. The van der Waals surface area contributed by atoms with Gasteiger partial charge in [0, 0.05) is 6.92 Å². The SMILES string of the molecule is [CH2]C(=N)N1CC[S+]([O-])CC1. The van der Waals surface area contributed by atoms with Gasteiger partial charge >= 0.3 is 0 Å². The standard InChI is InChI=1S/C6H11N2OS/c1-6(7)8-2-4-10(9)5-3-8/h7H,1-5H2. The Morgan fingerprint density at radius 1 is 1.50 bits per heavy atom. The first kappa shape index (κ1) is 7.88. The van der Waals surface area contributed by atoms with Gasteiger partial charge in [-0.1, -0.05) is 11.2 Å². The lowest BCUT2D eigenvalue weighted by molar-refractivity contribution is 0.442. The van der Waals surface area contributed by atoms with Crippen molar-refractivity contribution in [3.8, 4) is 0 Å². The van der Waals surface area contributed by atoms with Gasteiger partial charge < -0.3 is 9.45 Å². The van der Waals surface area contributed by atoms with Crippen LogP contribution < -0.4 is 0 Å². The van der Waals surface area contributed by atoms with Crippen molar-refractivity contribution in [3.63, 3.8) is 0 Å². The van der Waals surface area contributed by atoms with E-state index in [-0.39, 0.29) is 0 Å². The number of nitrogens with zero attached hydrogens (tertiary/aromatic N) is 1. The van der Waals surface area contributed by atoms with Gasteiger partial charge in [0.1, 0.15) is 11.5 Å². The molecular formula is C6H11N2OS. The summed E-state index contributed by atoms with van der Waals surface area (Å²) in [5.41, 5.74) is 0. The van der Waals surface area contributed by atoms with Crippen molar-refractivity contribution in [2.24, 2.45) is 0 Å². The third kappa shape index (κ3) is 1.88. The highest BCUT2D eigenvalue weighted by molar-refractivity contribution is 7.91. The van der Waals surface area contributed by atoms with E-state index in [1.165, 1.54) is 0 Å². The number of nitrogens with one attached hydrogen (secondary N) is 1. The zero-order chi connectivity index (χ0) is 7.56. The normalized spacial score (nSPS) is 21.2. The molecule has 0 aliphatic carbocycles. The van der Waals surface area contributed by atoms with Gasteiger partial charge in [-0.3, -0.25) is 5.41 Å². The van der Waals surface area contributed by atoms with Gasteiger partial charge in [0.25, 0.3) is 0 Å². The lowest BCUT2D eigenvalue weighted by atomic mass is 10.5. The summed E-state index contributed by atoms with van der Waals surface area (Å²) >= 11 is -0.644. The second-order valence-corrected chi connectivity index (χ2v) is 3.98. The fourth-order valence-corrected chi connectivity index (χ4v) is 1.96. The fraction of sp³-hybridized carbons (Fsp3) is 0.667. The maximum Gasteiger partial charge on any atom is 0.123 e. The summed E-state index contributed by atoms with van der Waals surface area (Å²) < 4.78 is 10.8. The van der Waals surface area contributed by atoms with Crippen LogP contribution in [0.25, 0.3) is 0 Å². The van der Waals surface area contributed by atoms with Crippen LogP contribution in [0, 0.1) is 12.3 Å². The van der Waals surface area contributed by atoms with E-state index in [9.17, 15) is 4.55 Å². The van der Waals surface area contributed by atoms with Crippen LogP contribution in [0.4, 0.5) is 0 Å². The Balaban J connectivity index is 2.33. The molecule has 1 aliphatic heterocycles. The van der Waals surface area contributed by atoms with Crippen LogP contribution in [-0.4, -0.2) is 39.9 Å². The third-order valence-corrected chi connectivity index (χ3v) is 2.84. The molecule has 0 spiro atoms. The van der Waals surface area contributed by atoms with Crippen molar-refractivity contribution in [1.29, 1.82) is 5.41 Å². The molecule has 0 amide bonds. The highest BCUT2D eigenvalue weighted by atomic mass is 32.2. The minimum atomic E-state index is -0.644. The van der Waals surface area contributed by atoms with E-state index in [1.54, 1.807) is 0 Å². The average Bonchev–Trinajstić information content (AvgIpc) is 1.88. The Kier molecular flexibility index (Phi) is 2.56. The monoisotopic (exact) mass is 159 g/mol. The van der Waals surface area contributed by atoms with E-state index in [2.05, 4.69) is 6.92 Å². The first-order chi connectivity index (χ1) is 4.70. The highest BCUT2D eigenvalue weighted by Crippen LogP contribution is 2.02. The van der Waals surface area contributed by atoms with Crippen LogP contribution in [-0.2, 0) is 11.2 Å². The minimum Gasteiger partial charge on any atom is -0.616 e. The first-order valence-electron chi connectivity index (χ1n) is 3.20. The first-order valence-corrected chi connectivity index (χ1v) is 4.69. The van der Waals surface area contributed by atoms with E-state index >= 15 is 0 Å². The molecule has 1 saturated heterocycles. The zero-order valence-corrected chi connectivity index (χ0v) is 6.62. The molecule has 0 aromatic heterocycles. The van der Waals surface area contributed by atoms with Crippen LogP contribution in [0.2, 0.25) is 0 Å². The van der Waals surface area contributed by atoms with E-state index in [0.29, 0.717) is 17.3 Å². The number of amidine groups is 1. The maximum atomic E-state index is 10.8. The van der Waals surface area contributed by atoms with Crippen LogP contribution in [0.3, 0.4) is 0 Å². The molecule has 0 bridgehead atoms. The largest absolute Gasteiger partial charge is 0.616 e. The lowest BCUT2D eigenvalue weighted by Gasteiger charge is -2.28. The van der Waals surface area contributed by atoms with E-state index in [0.717, 1.165) is 13.1 Å². The average molecular weight is 159 g/mol. The molecule has 1 aliphatic rings. The molecule has 0 saturated carbocycles.